The molecule has 3 aromatic rings. The molecule has 1 N–H and O–H groups in total. The van der Waals surface area contributed by atoms with E-state index in [4.69, 9.17) is 9.15 Å². The van der Waals surface area contributed by atoms with E-state index in [1.54, 1.807) is 11.0 Å². The lowest BCUT2D eigenvalue weighted by molar-refractivity contribution is 0.0240. The van der Waals surface area contributed by atoms with Crippen LogP contribution < -0.4 is 10.2 Å². The summed E-state index contributed by atoms with van der Waals surface area (Å²) in [6, 6.07) is 22.8. The van der Waals surface area contributed by atoms with Crippen LogP contribution in [-0.4, -0.2) is 48.7 Å². The molecule has 4 rings (SSSR count). The van der Waals surface area contributed by atoms with Crippen molar-refractivity contribution >= 4 is 34.3 Å². The number of fused-ring (bicyclic) bond motifs is 1. The van der Waals surface area contributed by atoms with E-state index in [-0.39, 0.29) is 12.0 Å². The van der Waals surface area contributed by atoms with Crippen molar-refractivity contribution in [2.75, 3.05) is 36.4 Å². The Balaban J connectivity index is 1.55. The summed E-state index contributed by atoms with van der Waals surface area (Å²) in [4.78, 5) is 29.6. The fourth-order valence-electron chi connectivity index (χ4n) is 4.12. The maximum absolute atomic E-state index is 13.2. The van der Waals surface area contributed by atoms with Gasteiger partial charge in [-0.25, -0.2) is 4.79 Å². The molecule has 7 heteroatoms. The molecule has 7 nitrogen and oxygen atoms in total. The minimum atomic E-state index is -0.518. The Labute approximate surface area is 212 Å². The third-order valence-electron chi connectivity index (χ3n) is 5.78. The number of rotatable bonds is 3. The summed E-state index contributed by atoms with van der Waals surface area (Å²) in [7, 11) is 0. The Bertz CT molecular complexity index is 1270. The van der Waals surface area contributed by atoms with E-state index in [0.717, 1.165) is 16.8 Å². The molecule has 2 amide bonds. The summed E-state index contributed by atoms with van der Waals surface area (Å²) in [5.74, 6) is 0.494. The Kier molecular flexibility index (Phi) is 7.48. The number of nitrogens with zero attached hydrogens (tertiary/aromatic N) is 2. The van der Waals surface area contributed by atoms with Crippen LogP contribution in [0.3, 0.4) is 0 Å². The molecule has 36 heavy (non-hydrogen) atoms. The Morgan fingerprint density at radius 3 is 2.11 bits per heavy atom. The first-order chi connectivity index (χ1) is 17.2. The first-order valence-corrected chi connectivity index (χ1v) is 12.2. The van der Waals surface area contributed by atoms with Crippen molar-refractivity contribution in [1.82, 2.24) is 4.90 Å². The lowest BCUT2D eigenvalue weighted by Gasteiger charge is -2.37. The average Bonchev–Trinajstić information content (AvgIpc) is 3.22. The van der Waals surface area contributed by atoms with Crippen molar-refractivity contribution in [3.05, 3.63) is 84.1 Å². The highest BCUT2D eigenvalue weighted by Gasteiger charge is 2.27. The van der Waals surface area contributed by atoms with Crippen molar-refractivity contribution in [2.45, 2.75) is 33.3 Å². The van der Waals surface area contributed by atoms with Gasteiger partial charge in [0.05, 0.1) is 5.56 Å². The van der Waals surface area contributed by atoms with Gasteiger partial charge in [-0.3, -0.25) is 4.79 Å². The Hall–Kier alpha value is -4.00. The van der Waals surface area contributed by atoms with Gasteiger partial charge >= 0.3 is 6.09 Å². The molecule has 1 aliphatic rings. The molecular weight excluding hydrogens is 454 g/mol. The summed E-state index contributed by atoms with van der Waals surface area (Å²) in [6.07, 6.45) is -0.288. The average molecular weight is 488 g/mol. The molecule has 0 aliphatic carbocycles. The summed E-state index contributed by atoms with van der Waals surface area (Å²) in [6.45, 7) is 9.94. The number of ether oxygens (including phenoxy) is 1. The summed E-state index contributed by atoms with van der Waals surface area (Å²) in [5, 5.41) is 3.87. The van der Waals surface area contributed by atoms with Crippen LogP contribution in [0.2, 0.25) is 0 Å². The zero-order valence-corrected chi connectivity index (χ0v) is 21.3. The number of nitrogens with one attached hydrogen (secondary N) is 1. The molecule has 0 saturated carbocycles. The highest BCUT2D eigenvalue weighted by molar-refractivity contribution is 6.13. The largest absolute Gasteiger partial charge is 0.460 e. The van der Waals surface area contributed by atoms with E-state index in [9.17, 15) is 9.59 Å². The monoisotopic (exact) mass is 487 g/mol. The van der Waals surface area contributed by atoms with Crippen molar-refractivity contribution in [3.63, 3.8) is 0 Å². The first-order valence-electron chi connectivity index (χ1n) is 12.2. The second kappa shape index (κ2) is 10.7. The smallest absolute Gasteiger partial charge is 0.410 e. The minimum Gasteiger partial charge on any atom is -0.460 e. The molecule has 1 aliphatic heterocycles. The number of hydrogen-bond acceptors (Lipinski definition) is 5. The maximum Gasteiger partial charge on any atom is 0.410 e. The predicted octanol–water partition coefficient (Wildman–Crippen LogP) is 6.18. The lowest BCUT2D eigenvalue weighted by atomic mass is 10.1. The van der Waals surface area contributed by atoms with Crippen LogP contribution in [0.5, 0.6) is 0 Å². The third kappa shape index (κ3) is 6.16. The Morgan fingerprint density at radius 1 is 0.889 bits per heavy atom. The van der Waals surface area contributed by atoms with Gasteiger partial charge in [-0.1, -0.05) is 42.5 Å². The van der Waals surface area contributed by atoms with Gasteiger partial charge in [0.15, 0.2) is 0 Å². The molecule has 0 bridgehead atoms. The molecule has 1 fully saturated rings. The molecule has 2 heterocycles. The highest BCUT2D eigenvalue weighted by atomic mass is 16.6. The fraction of sp³-hybridized carbons (Fsp3) is 0.310. The zero-order valence-electron chi connectivity index (χ0n) is 21.3. The van der Waals surface area contributed by atoms with E-state index < -0.39 is 5.60 Å². The number of aryl methyl sites for hydroxylation is 1. The van der Waals surface area contributed by atoms with Crippen LogP contribution in [0.25, 0.3) is 11.0 Å². The van der Waals surface area contributed by atoms with Crippen molar-refractivity contribution in [2.24, 2.45) is 0 Å². The molecule has 2 aromatic carbocycles. The van der Waals surface area contributed by atoms with E-state index in [1.807, 2.05) is 94.4 Å². The van der Waals surface area contributed by atoms with Crippen LogP contribution in [-0.2, 0) is 4.74 Å². The Morgan fingerprint density at radius 2 is 1.50 bits per heavy atom. The van der Waals surface area contributed by atoms with Gasteiger partial charge in [0.25, 0.3) is 5.91 Å². The van der Waals surface area contributed by atoms with E-state index in [1.165, 1.54) is 0 Å². The van der Waals surface area contributed by atoms with Crippen LogP contribution in [0.15, 0.2) is 77.2 Å². The van der Waals surface area contributed by atoms with Gasteiger partial charge in [-0.05, 0) is 58.0 Å². The molecule has 188 valence electrons. The minimum absolute atomic E-state index is 0.239. The number of furan rings is 1. The zero-order chi connectivity index (χ0) is 25.7. The lowest BCUT2D eigenvalue weighted by Crippen LogP contribution is -2.50. The number of benzene rings is 1. The number of piperazine rings is 1. The third-order valence-corrected chi connectivity index (χ3v) is 5.78. The summed E-state index contributed by atoms with van der Waals surface area (Å²) in [5.41, 5.74) is 2.17. The van der Waals surface area contributed by atoms with E-state index >= 15 is 0 Å². The molecule has 0 atom stereocenters. The number of carbonyl (C=O) groups excluding carboxylic acids is 2. The second-order valence-electron chi connectivity index (χ2n) is 9.78. The molecule has 0 radical (unpaired) electrons. The van der Waals surface area contributed by atoms with Crippen molar-refractivity contribution < 1.29 is 18.7 Å². The van der Waals surface area contributed by atoms with Gasteiger partial charge < -0.3 is 24.3 Å². The van der Waals surface area contributed by atoms with Crippen LogP contribution in [0.4, 0.5) is 16.2 Å². The number of amides is 2. The summed E-state index contributed by atoms with van der Waals surface area (Å²) >= 11 is 0. The quantitative estimate of drug-likeness (QED) is 0.478. The van der Waals surface area contributed by atoms with Crippen LogP contribution >= 0.6 is 0 Å². The van der Waals surface area contributed by atoms with Crippen molar-refractivity contribution in [3.8, 4) is 0 Å². The van der Waals surface area contributed by atoms with Gasteiger partial charge in [0.2, 0.25) is 0 Å². The van der Waals surface area contributed by atoms with E-state index in [2.05, 4.69) is 10.2 Å². The van der Waals surface area contributed by atoms with Gasteiger partial charge in [0.1, 0.15) is 16.9 Å². The highest BCUT2D eigenvalue weighted by Crippen LogP contribution is 2.33. The predicted molar refractivity (Wildman–Crippen MR) is 143 cm³/mol. The van der Waals surface area contributed by atoms with Gasteiger partial charge in [-0.15, -0.1) is 0 Å². The maximum atomic E-state index is 13.2. The number of anilines is 2. The number of carbonyl (C=O) groups is 2. The molecule has 0 unspecified atom stereocenters. The van der Waals surface area contributed by atoms with Gasteiger partial charge in [0, 0.05) is 42.9 Å². The topological polar surface area (TPSA) is 75.0 Å². The number of hydrogen-bond donors (Lipinski definition) is 1. The van der Waals surface area contributed by atoms with Gasteiger partial charge in [-0.2, -0.15) is 0 Å². The SMILES string of the molecule is Cc1cc2c(N3CCN(C(=O)OC(C)(C)C)CC3)ccc(C(=O)Nc3ccccccccc3)c2o1. The van der Waals surface area contributed by atoms with E-state index in [0.29, 0.717) is 43.0 Å². The van der Waals surface area contributed by atoms with Crippen LogP contribution in [0, 0.1) is 6.92 Å². The standard InChI is InChI=1S/C29H33N3O4/c1-21-20-24-25(31-16-18-32(19-17-31)28(34)36-29(2,3)4)15-14-23(26(24)35-21)27(33)30-22-12-10-8-6-5-7-9-11-13-22/h5-15,20H,16-19H2,1-4H3,(H,30,33). The summed E-state index contributed by atoms with van der Waals surface area (Å²) < 4.78 is 11.5. The molecule has 0 spiro atoms. The molecular formula is C29H33N3O4. The van der Waals surface area contributed by atoms with Crippen LogP contribution in [0.1, 0.15) is 36.9 Å². The second-order valence-corrected chi connectivity index (χ2v) is 9.78. The fourth-order valence-corrected chi connectivity index (χ4v) is 4.12. The van der Waals surface area contributed by atoms with Crippen molar-refractivity contribution in [1.29, 1.82) is 0 Å². The molecule has 1 saturated heterocycles. The molecule has 1 aromatic heterocycles. The first kappa shape index (κ1) is 25.1. The normalized spacial score (nSPS) is 13.8.